The van der Waals surface area contributed by atoms with Crippen LogP contribution in [0, 0.1) is 26.7 Å². The number of rotatable bonds is 5. The standard InChI is InChI=1S/C25H32N2O6/c1-15-10-19(23-16(2)17(3)24(30)33-20(23)11-15)32-14-21(28)26-12-22(29)27-9-8-25(31)7-5-4-6-18(25)13-27/h10-11,18,31H,4-9,12-14H2,1-3H3,(H,26,28)/t18-,25+/m1/s1. The molecule has 2 fully saturated rings. The quantitative estimate of drug-likeness (QED) is 0.669. The van der Waals surface area contributed by atoms with Gasteiger partial charge >= 0.3 is 5.63 Å². The van der Waals surface area contributed by atoms with Gasteiger partial charge in [-0.15, -0.1) is 0 Å². The monoisotopic (exact) mass is 456 g/mol. The molecule has 2 atom stereocenters. The molecular weight excluding hydrogens is 424 g/mol. The molecule has 2 heterocycles. The summed E-state index contributed by atoms with van der Waals surface area (Å²) in [6.07, 6.45) is 4.46. The van der Waals surface area contributed by atoms with Crippen molar-refractivity contribution in [1.82, 2.24) is 10.2 Å². The molecule has 2 aromatic rings. The van der Waals surface area contributed by atoms with Gasteiger partial charge in [0.15, 0.2) is 6.61 Å². The van der Waals surface area contributed by atoms with Gasteiger partial charge in [-0.1, -0.05) is 12.8 Å². The third-order valence-electron chi connectivity index (χ3n) is 7.23. The molecule has 1 saturated carbocycles. The van der Waals surface area contributed by atoms with E-state index in [9.17, 15) is 19.5 Å². The highest BCUT2D eigenvalue weighted by Crippen LogP contribution is 2.39. The molecule has 8 heteroatoms. The number of nitrogens with one attached hydrogen (secondary N) is 1. The minimum Gasteiger partial charge on any atom is -0.483 e. The Morgan fingerprint density at radius 1 is 1.21 bits per heavy atom. The average Bonchev–Trinajstić information content (AvgIpc) is 2.78. The Morgan fingerprint density at radius 3 is 2.79 bits per heavy atom. The fourth-order valence-corrected chi connectivity index (χ4v) is 5.08. The van der Waals surface area contributed by atoms with Gasteiger partial charge in [-0.2, -0.15) is 0 Å². The molecule has 0 bridgehead atoms. The first kappa shape index (κ1) is 23.3. The highest BCUT2D eigenvalue weighted by Gasteiger charge is 2.43. The first-order valence-corrected chi connectivity index (χ1v) is 11.6. The lowest BCUT2D eigenvalue weighted by molar-refractivity contribution is -0.143. The summed E-state index contributed by atoms with van der Waals surface area (Å²) in [6.45, 7) is 6.06. The number of hydrogen-bond donors (Lipinski definition) is 2. The van der Waals surface area contributed by atoms with Crippen molar-refractivity contribution in [2.75, 3.05) is 26.2 Å². The molecule has 0 spiro atoms. The number of piperidine rings is 1. The molecule has 0 unspecified atom stereocenters. The predicted octanol–water partition coefficient (Wildman–Crippen LogP) is 2.37. The molecule has 8 nitrogen and oxygen atoms in total. The van der Waals surface area contributed by atoms with Crippen molar-refractivity contribution in [1.29, 1.82) is 0 Å². The topological polar surface area (TPSA) is 109 Å². The highest BCUT2D eigenvalue weighted by molar-refractivity contribution is 5.89. The largest absolute Gasteiger partial charge is 0.483 e. The van der Waals surface area contributed by atoms with Gasteiger partial charge < -0.3 is 24.5 Å². The van der Waals surface area contributed by atoms with E-state index in [1.807, 2.05) is 13.8 Å². The molecule has 2 aliphatic rings. The molecule has 1 aliphatic heterocycles. The summed E-state index contributed by atoms with van der Waals surface area (Å²) in [5.74, 6) is 0.0222. The zero-order valence-corrected chi connectivity index (χ0v) is 19.5. The maximum absolute atomic E-state index is 12.6. The van der Waals surface area contributed by atoms with Gasteiger partial charge in [-0.25, -0.2) is 4.79 Å². The van der Waals surface area contributed by atoms with E-state index in [-0.39, 0.29) is 25.0 Å². The summed E-state index contributed by atoms with van der Waals surface area (Å²) in [5.41, 5.74) is 1.47. The van der Waals surface area contributed by atoms with Crippen molar-refractivity contribution < 1.29 is 23.8 Å². The number of aliphatic hydroxyl groups is 1. The van der Waals surface area contributed by atoms with E-state index >= 15 is 0 Å². The predicted molar refractivity (Wildman–Crippen MR) is 123 cm³/mol. The van der Waals surface area contributed by atoms with E-state index in [1.54, 1.807) is 24.0 Å². The van der Waals surface area contributed by atoms with Crippen molar-refractivity contribution in [2.45, 2.75) is 58.5 Å². The lowest BCUT2D eigenvalue weighted by Crippen LogP contribution is -2.56. The fourth-order valence-electron chi connectivity index (χ4n) is 5.08. The molecule has 1 aliphatic carbocycles. The van der Waals surface area contributed by atoms with Crippen molar-refractivity contribution in [3.05, 3.63) is 39.2 Å². The van der Waals surface area contributed by atoms with Crippen LogP contribution in [0.5, 0.6) is 5.75 Å². The van der Waals surface area contributed by atoms with Crippen LogP contribution < -0.4 is 15.7 Å². The van der Waals surface area contributed by atoms with E-state index in [2.05, 4.69) is 5.32 Å². The van der Waals surface area contributed by atoms with Crippen LogP contribution in [0.4, 0.5) is 0 Å². The summed E-state index contributed by atoms with van der Waals surface area (Å²) in [4.78, 5) is 38.8. The van der Waals surface area contributed by atoms with Crippen molar-refractivity contribution >= 4 is 22.8 Å². The van der Waals surface area contributed by atoms with Gasteiger partial charge in [0.1, 0.15) is 11.3 Å². The number of benzene rings is 1. The minimum absolute atomic E-state index is 0.102. The van der Waals surface area contributed by atoms with Gasteiger partial charge in [-0.3, -0.25) is 9.59 Å². The normalized spacial score (nSPS) is 22.7. The maximum atomic E-state index is 12.6. The number of aryl methyl sites for hydroxylation is 2. The molecule has 2 N–H and O–H groups in total. The van der Waals surface area contributed by atoms with E-state index in [0.29, 0.717) is 41.8 Å². The van der Waals surface area contributed by atoms with E-state index in [0.717, 1.165) is 36.8 Å². The Balaban J connectivity index is 1.35. The smallest absolute Gasteiger partial charge is 0.339 e. The number of nitrogens with zero attached hydrogens (tertiary/aromatic N) is 1. The second-order valence-corrected chi connectivity index (χ2v) is 9.48. The van der Waals surface area contributed by atoms with Crippen LogP contribution in [0.3, 0.4) is 0 Å². The second kappa shape index (κ2) is 9.17. The lowest BCUT2D eigenvalue weighted by Gasteiger charge is -2.47. The van der Waals surface area contributed by atoms with Crippen LogP contribution in [0.1, 0.15) is 48.8 Å². The third kappa shape index (κ3) is 4.76. The zero-order valence-electron chi connectivity index (χ0n) is 19.5. The van der Waals surface area contributed by atoms with Crippen LogP contribution in [-0.4, -0.2) is 53.7 Å². The molecule has 1 aromatic heterocycles. The third-order valence-corrected chi connectivity index (χ3v) is 7.23. The highest BCUT2D eigenvalue weighted by atomic mass is 16.5. The first-order valence-electron chi connectivity index (χ1n) is 11.6. The number of ether oxygens (including phenoxy) is 1. The Bertz CT molecular complexity index is 1140. The molecule has 33 heavy (non-hydrogen) atoms. The summed E-state index contributed by atoms with van der Waals surface area (Å²) in [6, 6.07) is 3.56. The summed E-state index contributed by atoms with van der Waals surface area (Å²) in [7, 11) is 0. The van der Waals surface area contributed by atoms with Crippen LogP contribution in [0.2, 0.25) is 0 Å². The Hall–Kier alpha value is -2.87. The van der Waals surface area contributed by atoms with Crippen molar-refractivity contribution in [2.24, 2.45) is 5.92 Å². The lowest BCUT2D eigenvalue weighted by atomic mass is 9.71. The number of likely N-dealkylation sites (tertiary alicyclic amines) is 1. The zero-order chi connectivity index (χ0) is 23.8. The SMILES string of the molecule is Cc1cc(OCC(=O)NCC(=O)N2CC[C@@]3(O)CCCC[C@@H]3C2)c2c(C)c(C)c(=O)oc2c1. The van der Waals surface area contributed by atoms with Gasteiger partial charge in [0, 0.05) is 24.6 Å². The number of carbonyl (C=O) groups excluding carboxylic acids is 2. The molecule has 4 rings (SSSR count). The number of fused-ring (bicyclic) bond motifs is 2. The molecule has 2 amide bonds. The van der Waals surface area contributed by atoms with E-state index in [4.69, 9.17) is 9.15 Å². The molecule has 1 saturated heterocycles. The van der Waals surface area contributed by atoms with Gasteiger partial charge in [0.25, 0.3) is 5.91 Å². The average molecular weight is 457 g/mol. The number of amides is 2. The Morgan fingerprint density at radius 2 is 2.00 bits per heavy atom. The number of carbonyl (C=O) groups is 2. The fraction of sp³-hybridized carbons (Fsp3) is 0.560. The molecule has 178 valence electrons. The molecular formula is C25H32N2O6. The summed E-state index contributed by atoms with van der Waals surface area (Å²) in [5, 5.41) is 14.1. The first-order chi connectivity index (χ1) is 15.7. The molecule has 0 radical (unpaired) electrons. The Labute approximate surface area is 192 Å². The van der Waals surface area contributed by atoms with E-state index in [1.165, 1.54) is 0 Å². The van der Waals surface area contributed by atoms with Crippen LogP contribution in [0.25, 0.3) is 11.0 Å². The summed E-state index contributed by atoms with van der Waals surface area (Å²) >= 11 is 0. The molecule has 1 aromatic carbocycles. The van der Waals surface area contributed by atoms with Crippen LogP contribution in [-0.2, 0) is 9.59 Å². The summed E-state index contributed by atoms with van der Waals surface area (Å²) < 4.78 is 11.2. The second-order valence-electron chi connectivity index (χ2n) is 9.48. The van der Waals surface area contributed by atoms with Gasteiger partial charge in [0.2, 0.25) is 5.91 Å². The van der Waals surface area contributed by atoms with E-state index < -0.39 is 17.1 Å². The van der Waals surface area contributed by atoms with Gasteiger partial charge in [0.05, 0.1) is 17.5 Å². The van der Waals surface area contributed by atoms with Crippen LogP contribution in [0.15, 0.2) is 21.3 Å². The van der Waals surface area contributed by atoms with Crippen LogP contribution >= 0.6 is 0 Å². The van der Waals surface area contributed by atoms with Crippen molar-refractivity contribution in [3.8, 4) is 5.75 Å². The minimum atomic E-state index is -0.641. The maximum Gasteiger partial charge on any atom is 0.339 e. The van der Waals surface area contributed by atoms with Gasteiger partial charge in [-0.05, 0) is 63.3 Å². The Kier molecular flexibility index (Phi) is 6.47. The van der Waals surface area contributed by atoms with Crippen molar-refractivity contribution in [3.63, 3.8) is 0 Å². The number of hydrogen-bond acceptors (Lipinski definition) is 6.